The number of ether oxygens (including phenoxy) is 1. The average molecular weight is 282 g/mol. The summed E-state index contributed by atoms with van der Waals surface area (Å²) in [5, 5.41) is 17.9. The van der Waals surface area contributed by atoms with Gasteiger partial charge in [0.05, 0.1) is 17.2 Å². The molecule has 2 aromatic rings. The van der Waals surface area contributed by atoms with Crippen LogP contribution in [-0.2, 0) is 0 Å². The first-order valence-electron chi connectivity index (χ1n) is 6.31. The summed E-state index contributed by atoms with van der Waals surface area (Å²) < 4.78 is 5.79. The van der Waals surface area contributed by atoms with E-state index in [9.17, 15) is 4.79 Å². The van der Waals surface area contributed by atoms with Gasteiger partial charge in [-0.2, -0.15) is 5.26 Å². The van der Waals surface area contributed by atoms with Gasteiger partial charge in [0.15, 0.2) is 0 Å². The molecule has 106 valence electrons. The molecule has 5 nitrogen and oxygen atoms in total. The molecule has 0 unspecified atom stereocenters. The maximum absolute atomic E-state index is 10.9. The van der Waals surface area contributed by atoms with Crippen LogP contribution in [0.15, 0.2) is 24.4 Å². The molecule has 0 spiro atoms. The molecule has 2 rings (SSSR count). The number of nitrogens with zero attached hydrogens (tertiary/aromatic N) is 2. The number of pyridine rings is 1. The van der Waals surface area contributed by atoms with Gasteiger partial charge in [-0.3, -0.25) is 0 Å². The number of aromatic carboxylic acids is 1. The normalized spacial score (nSPS) is 10.0. The van der Waals surface area contributed by atoms with Crippen molar-refractivity contribution in [3.8, 4) is 17.7 Å². The van der Waals surface area contributed by atoms with Gasteiger partial charge in [-0.05, 0) is 50.1 Å². The van der Waals surface area contributed by atoms with E-state index in [1.165, 1.54) is 12.3 Å². The lowest BCUT2D eigenvalue weighted by atomic mass is 10.1. The Labute approximate surface area is 122 Å². The Morgan fingerprint density at radius 2 is 1.81 bits per heavy atom. The second-order valence-electron chi connectivity index (χ2n) is 4.80. The van der Waals surface area contributed by atoms with Crippen LogP contribution >= 0.6 is 0 Å². The monoisotopic (exact) mass is 282 g/mol. The number of carboxylic acids is 1. The first-order valence-corrected chi connectivity index (χ1v) is 6.31. The molecule has 0 radical (unpaired) electrons. The zero-order valence-electron chi connectivity index (χ0n) is 12.0. The van der Waals surface area contributed by atoms with Crippen molar-refractivity contribution < 1.29 is 14.6 Å². The van der Waals surface area contributed by atoms with Gasteiger partial charge in [-0.25, -0.2) is 9.78 Å². The quantitative estimate of drug-likeness (QED) is 0.933. The Kier molecular flexibility index (Phi) is 3.90. The van der Waals surface area contributed by atoms with E-state index in [2.05, 4.69) is 11.1 Å². The minimum atomic E-state index is -1.03. The van der Waals surface area contributed by atoms with E-state index in [1.807, 2.05) is 13.8 Å². The highest BCUT2D eigenvalue weighted by Crippen LogP contribution is 2.30. The standard InChI is InChI=1S/C16H14N2O3/c1-9-4-12(7-17)5-10(2)14(9)21-15-11(3)6-13(8-18-15)16(19)20/h4-6,8H,1-3H3,(H,19,20). The number of carboxylic acid groups (broad SMARTS) is 1. The Morgan fingerprint density at radius 1 is 1.19 bits per heavy atom. The molecule has 0 fully saturated rings. The number of hydrogen-bond donors (Lipinski definition) is 1. The van der Waals surface area contributed by atoms with E-state index in [-0.39, 0.29) is 5.56 Å². The van der Waals surface area contributed by atoms with Crippen LogP contribution in [0.1, 0.15) is 32.6 Å². The highest BCUT2D eigenvalue weighted by molar-refractivity contribution is 5.87. The number of nitriles is 1. The van der Waals surface area contributed by atoms with Gasteiger partial charge >= 0.3 is 5.97 Å². The highest BCUT2D eigenvalue weighted by Gasteiger charge is 2.12. The summed E-state index contributed by atoms with van der Waals surface area (Å²) >= 11 is 0. The van der Waals surface area contributed by atoms with Crippen molar-refractivity contribution >= 4 is 5.97 Å². The van der Waals surface area contributed by atoms with Crippen molar-refractivity contribution in [1.29, 1.82) is 5.26 Å². The maximum atomic E-state index is 10.9. The smallest absolute Gasteiger partial charge is 0.337 e. The largest absolute Gasteiger partial charge is 0.478 e. The molecule has 0 saturated carbocycles. The van der Waals surface area contributed by atoms with E-state index >= 15 is 0 Å². The van der Waals surface area contributed by atoms with Gasteiger partial charge in [0, 0.05) is 11.8 Å². The van der Waals surface area contributed by atoms with Crippen molar-refractivity contribution in [2.75, 3.05) is 0 Å². The summed E-state index contributed by atoms with van der Waals surface area (Å²) in [6.07, 6.45) is 1.26. The maximum Gasteiger partial charge on any atom is 0.337 e. The van der Waals surface area contributed by atoms with Crippen molar-refractivity contribution in [2.45, 2.75) is 20.8 Å². The molecular weight excluding hydrogens is 268 g/mol. The summed E-state index contributed by atoms with van der Waals surface area (Å²) in [6.45, 7) is 5.44. The minimum absolute atomic E-state index is 0.119. The van der Waals surface area contributed by atoms with Gasteiger partial charge in [0.1, 0.15) is 5.75 Å². The molecule has 0 aliphatic carbocycles. The third-order valence-electron chi connectivity index (χ3n) is 3.07. The van der Waals surface area contributed by atoms with Crippen LogP contribution in [0.2, 0.25) is 0 Å². The predicted octanol–water partition coefficient (Wildman–Crippen LogP) is 3.37. The first-order chi connectivity index (χ1) is 9.92. The molecular formula is C16H14N2O3. The number of rotatable bonds is 3. The van der Waals surface area contributed by atoms with E-state index < -0.39 is 5.97 Å². The molecule has 1 heterocycles. The lowest BCUT2D eigenvalue weighted by Crippen LogP contribution is -2.01. The van der Waals surface area contributed by atoms with E-state index in [0.717, 1.165) is 11.1 Å². The lowest BCUT2D eigenvalue weighted by Gasteiger charge is -2.13. The lowest BCUT2D eigenvalue weighted by molar-refractivity contribution is 0.0696. The van der Waals surface area contributed by atoms with Gasteiger partial charge in [-0.1, -0.05) is 0 Å². The highest BCUT2D eigenvalue weighted by atomic mass is 16.5. The Morgan fingerprint density at radius 3 is 2.29 bits per heavy atom. The molecule has 0 saturated heterocycles. The summed E-state index contributed by atoms with van der Waals surface area (Å²) in [7, 11) is 0. The topological polar surface area (TPSA) is 83.2 Å². The zero-order valence-corrected chi connectivity index (χ0v) is 12.0. The molecule has 1 N–H and O–H groups in total. The zero-order chi connectivity index (χ0) is 15.6. The van der Waals surface area contributed by atoms with Crippen molar-refractivity contribution in [3.05, 3.63) is 52.2 Å². The molecule has 21 heavy (non-hydrogen) atoms. The van der Waals surface area contributed by atoms with Crippen LogP contribution < -0.4 is 4.74 Å². The van der Waals surface area contributed by atoms with Crippen LogP contribution in [0.3, 0.4) is 0 Å². The van der Waals surface area contributed by atoms with Gasteiger partial charge in [-0.15, -0.1) is 0 Å². The van der Waals surface area contributed by atoms with Crippen molar-refractivity contribution in [1.82, 2.24) is 4.98 Å². The number of hydrogen-bond acceptors (Lipinski definition) is 4. The van der Waals surface area contributed by atoms with Crippen molar-refractivity contribution in [3.63, 3.8) is 0 Å². The van der Waals surface area contributed by atoms with E-state index in [0.29, 0.717) is 22.8 Å². The third kappa shape index (κ3) is 3.00. The SMILES string of the molecule is Cc1cc(C(=O)O)cnc1Oc1c(C)cc(C#N)cc1C. The number of carbonyl (C=O) groups is 1. The number of aryl methyl sites for hydroxylation is 3. The summed E-state index contributed by atoms with van der Waals surface area (Å²) in [5.41, 5.74) is 2.99. The van der Waals surface area contributed by atoms with Crippen LogP contribution in [-0.4, -0.2) is 16.1 Å². The van der Waals surface area contributed by atoms with Crippen LogP contribution in [0, 0.1) is 32.1 Å². The second-order valence-corrected chi connectivity index (χ2v) is 4.80. The second kappa shape index (κ2) is 5.63. The van der Waals surface area contributed by atoms with Crippen LogP contribution in [0.25, 0.3) is 0 Å². The molecule has 0 atom stereocenters. The molecule has 0 aliphatic rings. The van der Waals surface area contributed by atoms with Gasteiger partial charge in [0.25, 0.3) is 0 Å². The third-order valence-corrected chi connectivity index (χ3v) is 3.07. The molecule has 1 aromatic heterocycles. The molecule has 0 aliphatic heterocycles. The average Bonchev–Trinajstić information content (AvgIpc) is 2.43. The fourth-order valence-corrected chi connectivity index (χ4v) is 2.06. The Balaban J connectivity index is 2.39. The summed E-state index contributed by atoms with van der Waals surface area (Å²) in [5.74, 6) is -0.0357. The van der Waals surface area contributed by atoms with Crippen LogP contribution in [0.5, 0.6) is 11.6 Å². The molecule has 0 bridgehead atoms. The molecule has 5 heteroatoms. The first kappa shape index (κ1) is 14.5. The summed E-state index contributed by atoms with van der Waals surface area (Å²) in [4.78, 5) is 14.9. The Bertz CT molecular complexity index is 738. The fraction of sp³-hybridized carbons (Fsp3) is 0.188. The van der Waals surface area contributed by atoms with Gasteiger partial charge in [0.2, 0.25) is 5.88 Å². The van der Waals surface area contributed by atoms with Crippen LogP contribution in [0.4, 0.5) is 0 Å². The number of aromatic nitrogens is 1. The summed E-state index contributed by atoms with van der Waals surface area (Å²) in [6, 6.07) is 7.09. The van der Waals surface area contributed by atoms with Crippen molar-refractivity contribution in [2.24, 2.45) is 0 Å². The fourth-order valence-electron chi connectivity index (χ4n) is 2.06. The number of benzene rings is 1. The van der Waals surface area contributed by atoms with E-state index in [1.54, 1.807) is 19.1 Å². The van der Waals surface area contributed by atoms with E-state index in [4.69, 9.17) is 15.1 Å². The molecule has 0 amide bonds. The predicted molar refractivity (Wildman–Crippen MR) is 76.6 cm³/mol. The minimum Gasteiger partial charge on any atom is -0.478 e. The Hall–Kier alpha value is -2.87. The molecule has 1 aromatic carbocycles. The van der Waals surface area contributed by atoms with Gasteiger partial charge < -0.3 is 9.84 Å².